The van der Waals surface area contributed by atoms with Crippen molar-refractivity contribution in [3.8, 4) is 0 Å². The highest BCUT2D eigenvalue weighted by Crippen LogP contribution is 2.12. The van der Waals surface area contributed by atoms with Gasteiger partial charge in [-0.05, 0) is 24.3 Å². The minimum Gasteiger partial charge on any atom is -0.452 e. The molecule has 0 saturated heterocycles. The van der Waals surface area contributed by atoms with Crippen molar-refractivity contribution in [1.82, 2.24) is 10.9 Å². The van der Waals surface area contributed by atoms with E-state index in [0.717, 1.165) is 5.69 Å². The molecule has 7 nitrogen and oxygen atoms in total. The van der Waals surface area contributed by atoms with E-state index in [-0.39, 0.29) is 0 Å². The van der Waals surface area contributed by atoms with Gasteiger partial charge >= 0.3 is 5.97 Å². The molecule has 0 radical (unpaired) electrons. The number of amides is 2. The summed E-state index contributed by atoms with van der Waals surface area (Å²) in [4.78, 5) is 35.3. The summed E-state index contributed by atoms with van der Waals surface area (Å²) in [5.41, 5.74) is 5.48. The molecule has 1 aromatic carbocycles. The summed E-state index contributed by atoms with van der Waals surface area (Å²) in [5.74, 6) is -1.63. The summed E-state index contributed by atoms with van der Waals surface area (Å²) in [6.45, 7) is 0.785. The molecular weight excluding hydrogens is 262 g/mol. The highest BCUT2D eigenvalue weighted by Gasteiger charge is 2.10. The van der Waals surface area contributed by atoms with E-state index < -0.39 is 24.4 Å². The van der Waals surface area contributed by atoms with Crippen LogP contribution in [-0.4, -0.2) is 38.5 Å². The lowest BCUT2D eigenvalue weighted by molar-refractivity contribution is -0.129. The van der Waals surface area contributed by atoms with Crippen LogP contribution in [-0.2, 0) is 14.3 Å². The topological polar surface area (TPSA) is 87.7 Å². The van der Waals surface area contributed by atoms with Gasteiger partial charge in [-0.25, -0.2) is 4.79 Å². The number of ether oxygens (including phenoxy) is 1. The maximum Gasteiger partial charge on any atom is 0.338 e. The van der Waals surface area contributed by atoms with E-state index in [1.165, 1.54) is 6.92 Å². The van der Waals surface area contributed by atoms with Crippen LogP contribution in [0.25, 0.3) is 0 Å². The Bertz CT molecular complexity index is 497. The number of hydrazine groups is 1. The molecule has 0 aliphatic rings. The van der Waals surface area contributed by atoms with Gasteiger partial charge in [0.2, 0.25) is 5.91 Å². The summed E-state index contributed by atoms with van der Waals surface area (Å²) >= 11 is 0. The van der Waals surface area contributed by atoms with Crippen molar-refractivity contribution >= 4 is 23.5 Å². The van der Waals surface area contributed by atoms with Crippen molar-refractivity contribution in [1.29, 1.82) is 0 Å². The maximum atomic E-state index is 11.7. The summed E-state index contributed by atoms with van der Waals surface area (Å²) in [7, 11) is 3.78. The molecule has 2 amide bonds. The monoisotopic (exact) mass is 279 g/mol. The fraction of sp³-hybridized carbons (Fsp3) is 0.308. The van der Waals surface area contributed by atoms with E-state index >= 15 is 0 Å². The number of hydrogen-bond donors (Lipinski definition) is 2. The van der Waals surface area contributed by atoms with Crippen LogP contribution in [0.2, 0.25) is 0 Å². The lowest BCUT2D eigenvalue weighted by atomic mass is 10.2. The molecule has 0 unspecified atom stereocenters. The molecule has 0 bridgehead atoms. The maximum absolute atomic E-state index is 11.7. The van der Waals surface area contributed by atoms with E-state index in [1.807, 2.05) is 19.0 Å². The zero-order valence-electron chi connectivity index (χ0n) is 11.6. The molecule has 108 valence electrons. The number of anilines is 1. The van der Waals surface area contributed by atoms with Crippen LogP contribution >= 0.6 is 0 Å². The van der Waals surface area contributed by atoms with Gasteiger partial charge in [0.15, 0.2) is 6.61 Å². The number of carbonyl (C=O) groups is 3. The molecule has 0 fully saturated rings. The van der Waals surface area contributed by atoms with Gasteiger partial charge in [0.25, 0.3) is 5.91 Å². The molecule has 20 heavy (non-hydrogen) atoms. The minimum absolute atomic E-state index is 0.350. The Balaban J connectivity index is 2.46. The van der Waals surface area contributed by atoms with Gasteiger partial charge in [-0.3, -0.25) is 20.4 Å². The standard InChI is InChI=1S/C13H17N3O4/c1-9(17)14-15-12(18)8-20-13(19)10-4-6-11(7-5-10)16(2)3/h4-7H,8H2,1-3H3,(H,14,17)(H,15,18). The zero-order valence-corrected chi connectivity index (χ0v) is 11.6. The normalized spacial score (nSPS) is 9.55. The molecule has 7 heteroatoms. The number of nitrogens with zero attached hydrogens (tertiary/aromatic N) is 1. The second kappa shape index (κ2) is 7.13. The lowest BCUT2D eigenvalue weighted by Crippen LogP contribution is -2.42. The van der Waals surface area contributed by atoms with Crippen molar-refractivity contribution in [3.05, 3.63) is 29.8 Å². The fourth-order valence-corrected chi connectivity index (χ4v) is 1.30. The van der Waals surface area contributed by atoms with Crippen LogP contribution in [0.3, 0.4) is 0 Å². The molecule has 0 atom stereocenters. The average molecular weight is 279 g/mol. The average Bonchev–Trinajstić information content (AvgIpc) is 2.42. The number of benzene rings is 1. The quantitative estimate of drug-likeness (QED) is 0.602. The number of hydrogen-bond acceptors (Lipinski definition) is 5. The van der Waals surface area contributed by atoms with E-state index in [0.29, 0.717) is 5.56 Å². The number of esters is 1. The van der Waals surface area contributed by atoms with Crippen molar-refractivity contribution in [3.63, 3.8) is 0 Å². The smallest absolute Gasteiger partial charge is 0.338 e. The third-order valence-electron chi connectivity index (χ3n) is 2.33. The van der Waals surface area contributed by atoms with Crippen LogP contribution in [0, 0.1) is 0 Å². The predicted octanol–water partition coefficient (Wildman–Crippen LogP) is 0.0767. The van der Waals surface area contributed by atoms with Gasteiger partial charge in [-0.2, -0.15) is 0 Å². The molecule has 0 aliphatic carbocycles. The molecular formula is C13H17N3O4. The molecule has 0 aromatic heterocycles. The van der Waals surface area contributed by atoms with Gasteiger partial charge < -0.3 is 9.64 Å². The van der Waals surface area contributed by atoms with Crippen molar-refractivity contribution < 1.29 is 19.1 Å². The van der Waals surface area contributed by atoms with Crippen LogP contribution in [0.4, 0.5) is 5.69 Å². The van der Waals surface area contributed by atoms with E-state index in [1.54, 1.807) is 24.3 Å². The van der Waals surface area contributed by atoms with Crippen molar-refractivity contribution in [2.24, 2.45) is 0 Å². The largest absolute Gasteiger partial charge is 0.452 e. The van der Waals surface area contributed by atoms with Crippen LogP contribution in [0.5, 0.6) is 0 Å². The van der Waals surface area contributed by atoms with E-state index in [2.05, 4.69) is 10.9 Å². The van der Waals surface area contributed by atoms with Crippen molar-refractivity contribution in [2.45, 2.75) is 6.92 Å². The van der Waals surface area contributed by atoms with Gasteiger partial charge in [0, 0.05) is 26.7 Å². The Morgan fingerprint density at radius 1 is 1.10 bits per heavy atom. The van der Waals surface area contributed by atoms with Crippen molar-refractivity contribution in [2.75, 3.05) is 25.6 Å². The molecule has 0 spiro atoms. The lowest BCUT2D eigenvalue weighted by Gasteiger charge is -2.12. The summed E-state index contributed by atoms with van der Waals surface area (Å²) in [6, 6.07) is 6.77. The Morgan fingerprint density at radius 3 is 2.20 bits per heavy atom. The first-order chi connectivity index (χ1) is 9.40. The highest BCUT2D eigenvalue weighted by atomic mass is 16.5. The molecule has 0 aliphatic heterocycles. The van der Waals surface area contributed by atoms with Gasteiger partial charge in [0.05, 0.1) is 5.56 Å². The second-order valence-corrected chi connectivity index (χ2v) is 4.25. The zero-order chi connectivity index (χ0) is 15.1. The van der Waals surface area contributed by atoms with Gasteiger partial charge in [-0.1, -0.05) is 0 Å². The highest BCUT2D eigenvalue weighted by molar-refractivity contribution is 5.91. The van der Waals surface area contributed by atoms with E-state index in [4.69, 9.17) is 4.74 Å². The van der Waals surface area contributed by atoms with E-state index in [9.17, 15) is 14.4 Å². The minimum atomic E-state index is -0.613. The molecule has 2 N–H and O–H groups in total. The predicted molar refractivity (Wildman–Crippen MR) is 73.0 cm³/mol. The van der Waals surface area contributed by atoms with Crippen LogP contribution in [0.1, 0.15) is 17.3 Å². The third kappa shape index (κ3) is 4.97. The fourth-order valence-electron chi connectivity index (χ4n) is 1.30. The Kier molecular flexibility index (Phi) is 5.52. The Morgan fingerprint density at radius 2 is 1.70 bits per heavy atom. The third-order valence-corrected chi connectivity index (χ3v) is 2.33. The molecule has 1 rings (SSSR count). The summed E-state index contributed by atoms with van der Waals surface area (Å²) < 4.78 is 4.81. The molecule has 1 aromatic rings. The Labute approximate surface area is 116 Å². The first-order valence-electron chi connectivity index (χ1n) is 5.90. The summed E-state index contributed by atoms with van der Waals surface area (Å²) in [5, 5.41) is 0. The Hall–Kier alpha value is -2.57. The second-order valence-electron chi connectivity index (χ2n) is 4.25. The van der Waals surface area contributed by atoms with Crippen LogP contribution in [0.15, 0.2) is 24.3 Å². The molecule has 0 heterocycles. The summed E-state index contributed by atoms with van der Waals surface area (Å²) in [6.07, 6.45) is 0. The number of rotatable bonds is 4. The number of carbonyl (C=O) groups excluding carboxylic acids is 3. The number of nitrogens with one attached hydrogen (secondary N) is 2. The first-order valence-corrected chi connectivity index (χ1v) is 5.90. The SMILES string of the molecule is CC(=O)NNC(=O)COC(=O)c1ccc(N(C)C)cc1. The van der Waals surface area contributed by atoms with Crippen LogP contribution < -0.4 is 15.8 Å². The van der Waals surface area contributed by atoms with Gasteiger partial charge in [0.1, 0.15) is 0 Å². The first kappa shape index (κ1) is 15.5. The molecule has 0 saturated carbocycles. The van der Waals surface area contributed by atoms with Gasteiger partial charge in [-0.15, -0.1) is 0 Å².